The fourth-order valence-electron chi connectivity index (χ4n) is 2.58. The second-order valence-electron chi connectivity index (χ2n) is 3.79. The number of rotatable bonds is 2. The molecule has 2 saturated carbocycles. The van der Waals surface area contributed by atoms with E-state index in [0.29, 0.717) is 0 Å². The first-order valence-electron chi connectivity index (χ1n) is 4.42. The molecular weight excluding hydrogens is 108 g/mol. The second kappa shape index (κ2) is 2.00. The Bertz CT molecular complexity index is 105. The van der Waals surface area contributed by atoms with Gasteiger partial charge in [-0.2, -0.15) is 0 Å². The van der Waals surface area contributed by atoms with Crippen molar-refractivity contribution in [3.05, 3.63) is 0 Å². The Morgan fingerprint density at radius 3 is 2.56 bits per heavy atom. The van der Waals surface area contributed by atoms with Crippen molar-refractivity contribution >= 4 is 0 Å². The molecule has 0 heterocycles. The van der Waals surface area contributed by atoms with Crippen LogP contribution in [-0.4, -0.2) is 0 Å². The van der Waals surface area contributed by atoms with Crippen LogP contribution in [-0.2, 0) is 0 Å². The van der Waals surface area contributed by atoms with E-state index >= 15 is 0 Å². The molecule has 3 unspecified atom stereocenters. The Morgan fingerprint density at radius 1 is 1.33 bits per heavy atom. The Balaban J connectivity index is 1.77. The standard InChI is InChI=1S/C9H16/c1-2-3-7-6-8-4-5-9(7)8/h7-9H,2-6H2,1H3. The number of fused-ring (bicyclic) bond motifs is 1. The molecule has 3 atom stereocenters. The predicted octanol–water partition coefficient (Wildman–Crippen LogP) is 2.83. The normalized spacial score (nSPS) is 47.0. The summed E-state index contributed by atoms with van der Waals surface area (Å²) in [4.78, 5) is 0. The molecule has 0 nitrogen and oxygen atoms in total. The molecule has 2 rings (SSSR count). The van der Waals surface area contributed by atoms with Crippen LogP contribution in [0.15, 0.2) is 0 Å². The van der Waals surface area contributed by atoms with E-state index in [4.69, 9.17) is 0 Å². The maximum absolute atomic E-state index is 2.31. The molecule has 0 amide bonds. The molecule has 0 radical (unpaired) electrons. The molecule has 0 bridgehead atoms. The molecule has 0 spiro atoms. The first-order valence-corrected chi connectivity index (χ1v) is 4.42. The SMILES string of the molecule is CCCC1CC2CCC12. The van der Waals surface area contributed by atoms with Gasteiger partial charge in [-0.15, -0.1) is 0 Å². The Morgan fingerprint density at radius 2 is 2.22 bits per heavy atom. The molecule has 0 aliphatic heterocycles. The summed E-state index contributed by atoms with van der Waals surface area (Å²) in [6, 6.07) is 0. The van der Waals surface area contributed by atoms with Crippen molar-refractivity contribution < 1.29 is 0 Å². The van der Waals surface area contributed by atoms with Crippen molar-refractivity contribution in [2.75, 3.05) is 0 Å². The van der Waals surface area contributed by atoms with Crippen LogP contribution >= 0.6 is 0 Å². The van der Waals surface area contributed by atoms with Crippen molar-refractivity contribution in [3.63, 3.8) is 0 Å². The van der Waals surface area contributed by atoms with E-state index in [-0.39, 0.29) is 0 Å². The third kappa shape index (κ3) is 0.720. The van der Waals surface area contributed by atoms with Gasteiger partial charge in [0.25, 0.3) is 0 Å². The lowest BCUT2D eigenvalue weighted by molar-refractivity contribution is -0.0296. The minimum Gasteiger partial charge on any atom is -0.0654 e. The topological polar surface area (TPSA) is 0 Å². The van der Waals surface area contributed by atoms with Gasteiger partial charge < -0.3 is 0 Å². The summed E-state index contributed by atoms with van der Waals surface area (Å²) in [5.74, 6) is 3.56. The van der Waals surface area contributed by atoms with Gasteiger partial charge in [-0.25, -0.2) is 0 Å². The summed E-state index contributed by atoms with van der Waals surface area (Å²) < 4.78 is 0. The van der Waals surface area contributed by atoms with Gasteiger partial charge in [0.05, 0.1) is 0 Å². The van der Waals surface area contributed by atoms with E-state index in [2.05, 4.69) is 6.92 Å². The zero-order valence-electron chi connectivity index (χ0n) is 6.27. The molecule has 0 aromatic carbocycles. The van der Waals surface area contributed by atoms with E-state index in [9.17, 15) is 0 Å². The van der Waals surface area contributed by atoms with Crippen LogP contribution in [0.2, 0.25) is 0 Å². The first-order chi connectivity index (χ1) is 4.42. The summed E-state index contributed by atoms with van der Waals surface area (Å²) >= 11 is 0. The van der Waals surface area contributed by atoms with E-state index < -0.39 is 0 Å². The van der Waals surface area contributed by atoms with Gasteiger partial charge in [0.1, 0.15) is 0 Å². The molecule has 2 aliphatic carbocycles. The third-order valence-corrected chi connectivity index (χ3v) is 3.35. The zero-order valence-corrected chi connectivity index (χ0v) is 6.27. The van der Waals surface area contributed by atoms with Crippen LogP contribution in [0.5, 0.6) is 0 Å². The summed E-state index contributed by atoms with van der Waals surface area (Å²) in [6.07, 6.45) is 7.63. The van der Waals surface area contributed by atoms with E-state index in [1.54, 1.807) is 19.3 Å². The molecular formula is C9H16. The van der Waals surface area contributed by atoms with E-state index in [0.717, 1.165) is 5.92 Å². The fourth-order valence-corrected chi connectivity index (χ4v) is 2.58. The molecule has 52 valence electrons. The summed E-state index contributed by atoms with van der Waals surface area (Å²) in [6.45, 7) is 2.31. The first kappa shape index (κ1) is 5.76. The Labute approximate surface area is 57.6 Å². The van der Waals surface area contributed by atoms with E-state index in [1.807, 2.05) is 0 Å². The minimum absolute atomic E-state index is 1.16. The van der Waals surface area contributed by atoms with Gasteiger partial charge in [-0.05, 0) is 37.0 Å². The quantitative estimate of drug-likeness (QED) is 0.531. The average Bonchev–Trinajstić information content (AvgIpc) is 1.82. The van der Waals surface area contributed by atoms with Crippen LogP contribution in [0.1, 0.15) is 39.0 Å². The highest BCUT2D eigenvalue weighted by atomic mass is 14.5. The predicted molar refractivity (Wildman–Crippen MR) is 39.2 cm³/mol. The van der Waals surface area contributed by atoms with E-state index in [1.165, 1.54) is 24.7 Å². The third-order valence-electron chi connectivity index (χ3n) is 3.35. The Kier molecular flexibility index (Phi) is 1.28. The smallest absolute Gasteiger partial charge is 0.0357 e. The van der Waals surface area contributed by atoms with Crippen molar-refractivity contribution in [1.29, 1.82) is 0 Å². The summed E-state index contributed by atoms with van der Waals surface area (Å²) in [5.41, 5.74) is 0. The molecule has 0 aromatic heterocycles. The lowest BCUT2D eigenvalue weighted by atomic mass is 9.52. The molecule has 9 heavy (non-hydrogen) atoms. The van der Waals surface area contributed by atoms with Crippen molar-refractivity contribution in [3.8, 4) is 0 Å². The maximum atomic E-state index is 2.31. The summed E-state index contributed by atoms with van der Waals surface area (Å²) in [7, 11) is 0. The zero-order chi connectivity index (χ0) is 6.27. The highest BCUT2D eigenvalue weighted by Gasteiger charge is 2.45. The second-order valence-corrected chi connectivity index (χ2v) is 3.79. The van der Waals surface area contributed by atoms with Gasteiger partial charge in [0.15, 0.2) is 0 Å². The lowest BCUT2D eigenvalue weighted by Gasteiger charge is -2.53. The highest BCUT2D eigenvalue weighted by Crippen LogP contribution is 2.55. The van der Waals surface area contributed by atoms with Crippen molar-refractivity contribution in [2.24, 2.45) is 17.8 Å². The van der Waals surface area contributed by atoms with Crippen LogP contribution in [0.25, 0.3) is 0 Å². The average molecular weight is 124 g/mol. The van der Waals surface area contributed by atoms with Crippen molar-refractivity contribution in [2.45, 2.75) is 39.0 Å². The van der Waals surface area contributed by atoms with Gasteiger partial charge in [-0.1, -0.05) is 19.8 Å². The molecule has 2 aliphatic rings. The van der Waals surface area contributed by atoms with Crippen molar-refractivity contribution in [1.82, 2.24) is 0 Å². The molecule has 0 saturated heterocycles. The van der Waals surface area contributed by atoms with Gasteiger partial charge >= 0.3 is 0 Å². The van der Waals surface area contributed by atoms with Gasteiger partial charge in [0.2, 0.25) is 0 Å². The van der Waals surface area contributed by atoms with Crippen LogP contribution in [0.4, 0.5) is 0 Å². The fraction of sp³-hybridized carbons (Fsp3) is 1.00. The molecule has 2 fully saturated rings. The number of hydrogen-bond acceptors (Lipinski definition) is 0. The maximum Gasteiger partial charge on any atom is -0.0357 e. The lowest BCUT2D eigenvalue weighted by Crippen LogP contribution is -2.44. The van der Waals surface area contributed by atoms with Crippen LogP contribution < -0.4 is 0 Å². The Hall–Kier alpha value is 0. The number of hydrogen-bond donors (Lipinski definition) is 0. The minimum atomic E-state index is 1.16. The monoisotopic (exact) mass is 124 g/mol. The largest absolute Gasteiger partial charge is 0.0654 e. The molecule has 0 N–H and O–H groups in total. The van der Waals surface area contributed by atoms with Crippen LogP contribution in [0, 0.1) is 17.8 Å². The highest BCUT2D eigenvalue weighted by molar-refractivity contribution is 4.95. The molecule has 0 aromatic rings. The summed E-state index contributed by atoms with van der Waals surface area (Å²) in [5, 5.41) is 0. The molecule has 0 heteroatoms. The van der Waals surface area contributed by atoms with Gasteiger partial charge in [-0.3, -0.25) is 0 Å². The van der Waals surface area contributed by atoms with Crippen LogP contribution in [0.3, 0.4) is 0 Å². The van der Waals surface area contributed by atoms with Gasteiger partial charge in [0, 0.05) is 0 Å².